The van der Waals surface area contributed by atoms with Gasteiger partial charge >= 0.3 is 0 Å². The van der Waals surface area contributed by atoms with E-state index in [0.29, 0.717) is 0 Å². The second-order valence-corrected chi connectivity index (χ2v) is 13.1. The summed E-state index contributed by atoms with van der Waals surface area (Å²) in [5.41, 5.74) is 8.98. The number of aliphatic hydroxyl groups excluding tert-OH is 1. The molecule has 2 fully saturated rings. The molecule has 0 amide bonds. The molecule has 2 saturated heterocycles. The summed E-state index contributed by atoms with van der Waals surface area (Å²) in [5, 5.41) is 13.5. The summed E-state index contributed by atoms with van der Waals surface area (Å²) in [6.45, 7) is 13.9. The van der Waals surface area contributed by atoms with Crippen molar-refractivity contribution in [2.45, 2.75) is 89.2 Å². The molecule has 0 aliphatic carbocycles. The molecule has 0 spiro atoms. The van der Waals surface area contributed by atoms with Crippen LogP contribution < -0.4 is 0 Å². The number of hydrogen-bond acceptors (Lipinski definition) is 6. The third-order valence-electron chi connectivity index (χ3n) is 5.04. The number of nitrogens with zero attached hydrogens (tertiary/aromatic N) is 3. The smallest absolute Gasteiger partial charge is 0.195 e. The number of hydrogen-bond donors (Lipinski definition) is 1. The van der Waals surface area contributed by atoms with E-state index >= 15 is 0 Å². The van der Waals surface area contributed by atoms with Crippen molar-refractivity contribution in [3.8, 4) is 0 Å². The lowest BCUT2D eigenvalue weighted by atomic mass is 9.98. The number of ether oxygens (including phenoxy) is 3. The summed E-state index contributed by atoms with van der Waals surface area (Å²) in [7, 11) is -2.17. The highest BCUT2D eigenvalue weighted by Gasteiger charge is 2.56. The van der Waals surface area contributed by atoms with E-state index in [-0.39, 0.29) is 11.6 Å². The predicted octanol–water partition coefficient (Wildman–Crippen LogP) is 2.92. The molecule has 2 aliphatic rings. The predicted molar refractivity (Wildman–Crippen MR) is 90.8 cm³/mol. The molecule has 0 radical (unpaired) electrons. The van der Waals surface area contributed by atoms with Crippen molar-refractivity contribution in [3.05, 3.63) is 10.4 Å². The zero-order chi connectivity index (χ0) is 18.3. The molecule has 138 valence electrons. The molecule has 24 heavy (non-hydrogen) atoms. The highest BCUT2D eigenvalue weighted by Crippen LogP contribution is 2.43. The van der Waals surface area contributed by atoms with Gasteiger partial charge in [-0.2, -0.15) is 0 Å². The van der Waals surface area contributed by atoms with E-state index in [1.807, 2.05) is 0 Å². The average molecular weight is 359 g/mol. The first-order valence-electron chi connectivity index (χ1n) is 8.26. The van der Waals surface area contributed by atoms with Crippen LogP contribution in [0, 0.1) is 0 Å². The van der Waals surface area contributed by atoms with Gasteiger partial charge in [-0.25, -0.2) is 0 Å². The maximum absolute atomic E-state index is 9.69. The number of rotatable bonds is 4. The summed E-state index contributed by atoms with van der Waals surface area (Å²) in [5.74, 6) is -0.832. The average Bonchev–Trinajstić information content (AvgIpc) is 2.75. The minimum atomic E-state index is -2.17. The summed E-state index contributed by atoms with van der Waals surface area (Å²) in [4.78, 5) is 2.94. The first-order valence-corrected chi connectivity index (χ1v) is 11.2. The molecule has 0 aromatic carbocycles. The van der Waals surface area contributed by atoms with Crippen LogP contribution in [0.15, 0.2) is 5.11 Å². The molecule has 0 unspecified atom stereocenters. The molecule has 0 saturated carbocycles. The van der Waals surface area contributed by atoms with Crippen molar-refractivity contribution in [1.29, 1.82) is 0 Å². The van der Waals surface area contributed by atoms with Gasteiger partial charge in [0.1, 0.15) is 24.4 Å². The maximum atomic E-state index is 9.69. The van der Waals surface area contributed by atoms with E-state index in [2.05, 4.69) is 43.9 Å². The lowest BCUT2D eigenvalue weighted by Crippen LogP contribution is -2.60. The van der Waals surface area contributed by atoms with Crippen LogP contribution in [0.4, 0.5) is 0 Å². The van der Waals surface area contributed by atoms with Crippen LogP contribution in [0.2, 0.25) is 18.1 Å². The van der Waals surface area contributed by atoms with Gasteiger partial charge in [-0.3, -0.25) is 0 Å². The van der Waals surface area contributed by atoms with Gasteiger partial charge in [-0.05, 0) is 37.5 Å². The second-order valence-electron chi connectivity index (χ2n) is 8.36. The SMILES string of the molecule is CC1(C)O[C@@H]2[C@@H](N=[N+]=[N-])[C@H](O[Si](C)(C)C(C)(C)C)O[C@H](CO)[C@@H]2O1. The van der Waals surface area contributed by atoms with E-state index in [0.717, 1.165) is 0 Å². The Morgan fingerprint density at radius 3 is 2.33 bits per heavy atom. The zero-order valence-corrected chi connectivity index (χ0v) is 16.5. The third kappa shape index (κ3) is 3.77. The van der Waals surface area contributed by atoms with Crippen LogP contribution >= 0.6 is 0 Å². The fourth-order valence-corrected chi connectivity index (χ4v) is 3.87. The van der Waals surface area contributed by atoms with Gasteiger partial charge in [0.05, 0.1) is 6.61 Å². The highest BCUT2D eigenvalue weighted by molar-refractivity contribution is 6.74. The Morgan fingerprint density at radius 2 is 1.83 bits per heavy atom. The summed E-state index contributed by atoms with van der Waals surface area (Å²) < 4.78 is 24.0. The fraction of sp³-hybridized carbons (Fsp3) is 1.00. The van der Waals surface area contributed by atoms with Crippen molar-refractivity contribution < 1.29 is 23.7 Å². The van der Waals surface area contributed by atoms with Crippen molar-refractivity contribution >= 4 is 8.32 Å². The Morgan fingerprint density at radius 1 is 1.25 bits per heavy atom. The quantitative estimate of drug-likeness (QED) is 0.359. The van der Waals surface area contributed by atoms with Crippen LogP contribution in [0.25, 0.3) is 10.4 Å². The molecule has 0 aromatic rings. The standard InChI is InChI=1S/C15H29N3O5Si/c1-14(2,3)24(6,7)23-13-10(17-18-16)12-11(9(8-19)20-13)21-15(4,5)22-12/h9-13,19H,8H2,1-7H3/t9-,10-,11+,12-,13+/m1/s1. The van der Waals surface area contributed by atoms with E-state index in [1.165, 1.54) is 0 Å². The van der Waals surface area contributed by atoms with Crippen LogP contribution in [0.3, 0.4) is 0 Å². The molecule has 0 aromatic heterocycles. The van der Waals surface area contributed by atoms with Gasteiger partial charge in [0.15, 0.2) is 20.4 Å². The van der Waals surface area contributed by atoms with E-state index in [9.17, 15) is 5.11 Å². The third-order valence-corrected chi connectivity index (χ3v) is 9.47. The first kappa shape index (κ1) is 19.6. The minimum absolute atomic E-state index is 0.0326. The first-order chi connectivity index (χ1) is 10.9. The molecule has 1 N–H and O–H groups in total. The largest absolute Gasteiger partial charge is 0.394 e. The summed E-state index contributed by atoms with van der Waals surface area (Å²) in [6.07, 6.45) is -2.37. The molecule has 8 nitrogen and oxygen atoms in total. The molecule has 2 heterocycles. The van der Waals surface area contributed by atoms with E-state index in [4.69, 9.17) is 24.2 Å². The maximum Gasteiger partial charge on any atom is 0.195 e. The fourth-order valence-electron chi connectivity index (χ4n) is 2.75. The molecular formula is C15H29N3O5Si. The lowest BCUT2D eigenvalue weighted by molar-refractivity contribution is -0.219. The van der Waals surface area contributed by atoms with E-state index in [1.54, 1.807) is 13.8 Å². The Hall–Kier alpha value is -0.673. The minimum Gasteiger partial charge on any atom is -0.394 e. The topological polar surface area (TPSA) is 106 Å². The number of azide groups is 1. The lowest BCUT2D eigenvalue weighted by Gasteiger charge is -2.45. The highest BCUT2D eigenvalue weighted by atomic mass is 28.4. The monoisotopic (exact) mass is 359 g/mol. The van der Waals surface area contributed by atoms with Gasteiger partial charge in [0.25, 0.3) is 0 Å². The van der Waals surface area contributed by atoms with Gasteiger partial charge in [0.2, 0.25) is 0 Å². The van der Waals surface area contributed by atoms with Crippen LogP contribution in [-0.4, -0.2) is 56.5 Å². The van der Waals surface area contributed by atoms with Crippen molar-refractivity contribution in [2.24, 2.45) is 5.11 Å². The van der Waals surface area contributed by atoms with Gasteiger partial charge in [-0.1, -0.05) is 25.9 Å². The summed E-state index contributed by atoms with van der Waals surface area (Å²) >= 11 is 0. The summed E-state index contributed by atoms with van der Waals surface area (Å²) in [6, 6.07) is -0.668. The van der Waals surface area contributed by atoms with Gasteiger partial charge < -0.3 is 23.7 Å². The van der Waals surface area contributed by atoms with Gasteiger partial charge in [-0.15, -0.1) is 0 Å². The van der Waals surface area contributed by atoms with Crippen LogP contribution in [0.1, 0.15) is 34.6 Å². The van der Waals surface area contributed by atoms with Crippen molar-refractivity contribution in [3.63, 3.8) is 0 Å². The zero-order valence-electron chi connectivity index (χ0n) is 15.5. The van der Waals surface area contributed by atoms with Crippen LogP contribution in [0.5, 0.6) is 0 Å². The second kappa shape index (κ2) is 6.57. The van der Waals surface area contributed by atoms with Gasteiger partial charge in [0, 0.05) is 4.91 Å². The van der Waals surface area contributed by atoms with Crippen LogP contribution in [-0.2, 0) is 18.6 Å². The Balaban J connectivity index is 2.32. The van der Waals surface area contributed by atoms with Crippen molar-refractivity contribution in [2.75, 3.05) is 6.61 Å². The molecule has 0 bridgehead atoms. The number of aliphatic hydroxyl groups is 1. The molecule has 2 aliphatic heterocycles. The van der Waals surface area contributed by atoms with Crippen molar-refractivity contribution in [1.82, 2.24) is 0 Å². The molecule has 5 atom stereocenters. The normalized spacial score (nSPS) is 36.1. The molecular weight excluding hydrogens is 330 g/mol. The Kier molecular flexibility index (Phi) is 5.38. The molecule has 2 rings (SSSR count). The Labute approximate surface area is 144 Å². The molecule has 9 heteroatoms. The van der Waals surface area contributed by atoms with E-state index < -0.39 is 44.7 Å². The Bertz CT molecular complexity index is 516. The number of fused-ring (bicyclic) bond motifs is 1.